The Kier molecular flexibility index (Phi) is 3.81. The number of benzene rings is 1. The minimum Gasteiger partial charge on any atom is -0.357 e. The predicted octanol–water partition coefficient (Wildman–Crippen LogP) is 3.06. The summed E-state index contributed by atoms with van der Waals surface area (Å²) >= 11 is 5.95. The monoisotopic (exact) mass is 314 g/mol. The molecule has 3 rings (SSSR count). The van der Waals surface area contributed by atoms with E-state index in [1.165, 1.54) is 0 Å². The summed E-state index contributed by atoms with van der Waals surface area (Å²) in [5, 5.41) is 3.33. The molecule has 2 heterocycles. The Morgan fingerprint density at radius 1 is 1.27 bits per heavy atom. The van der Waals surface area contributed by atoms with Gasteiger partial charge >= 0.3 is 0 Å². The van der Waals surface area contributed by atoms with Gasteiger partial charge in [0.15, 0.2) is 5.65 Å². The SMILES string of the molecule is CNC(=O)[C@@H](C)n1c(-c2ccc(Cl)cc2)nc2cccnc21. The van der Waals surface area contributed by atoms with Crippen molar-refractivity contribution in [3.63, 3.8) is 0 Å². The number of likely N-dealkylation sites (N-methyl/N-ethyl adjacent to an activating group) is 1. The van der Waals surface area contributed by atoms with Gasteiger partial charge in [0.1, 0.15) is 17.4 Å². The van der Waals surface area contributed by atoms with E-state index < -0.39 is 6.04 Å². The lowest BCUT2D eigenvalue weighted by Crippen LogP contribution is -2.28. The molecule has 0 unspecified atom stereocenters. The number of hydrogen-bond donors (Lipinski definition) is 1. The van der Waals surface area contributed by atoms with Crippen LogP contribution in [-0.2, 0) is 4.79 Å². The van der Waals surface area contributed by atoms with Gasteiger partial charge in [-0.2, -0.15) is 0 Å². The van der Waals surface area contributed by atoms with Gasteiger partial charge in [0, 0.05) is 23.8 Å². The summed E-state index contributed by atoms with van der Waals surface area (Å²) in [4.78, 5) is 21.1. The summed E-state index contributed by atoms with van der Waals surface area (Å²) in [7, 11) is 1.62. The third-order valence-corrected chi connectivity index (χ3v) is 3.82. The van der Waals surface area contributed by atoms with Crippen LogP contribution in [0, 0.1) is 0 Å². The molecule has 0 saturated heterocycles. The van der Waals surface area contributed by atoms with Crippen LogP contribution in [0.5, 0.6) is 0 Å². The van der Waals surface area contributed by atoms with Gasteiger partial charge in [-0.3, -0.25) is 9.36 Å². The van der Waals surface area contributed by atoms with Crippen molar-refractivity contribution in [1.29, 1.82) is 0 Å². The van der Waals surface area contributed by atoms with Crippen molar-refractivity contribution in [3.05, 3.63) is 47.6 Å². The van der Waals surface area contributed by atoms with Crippen molar-refractivity contribution in [3.8, 4) is 11.4 Å². The Bertz CT molecular complexity index is 826. The first kappa shape index (κ1) is 14.5. The highest BCUT2D eigenvalue weighted by atomic mass is 35.5. The van der Waals surface area contributed by atoms with Crippen LogP contribution in [0.1, 0.15) is 13.0 Å². The van der Waals surface area contributed by atoms with E-state index in [9.17, 15) is 4.79 Å². The minimum absolute atomic E-state index is 0.0971. The van der Waals surface area contributed by atoms with Gasteiger partial charge < -0.3 is 5.32 Å². The quantitative estimate of drug-likeness (QED) is 0.808. The van der Waals surface area contributed by atoms with E-state index in [-0.39, 0.29) is 5.91 Å². The number of carbonyl (C=O) groups is 1. The minimum atomic E-state index is -0.421. The number of aromatic nitrogens is 3. The molecule has 1 N–H and O–H groups in total. The molecular formula is C16H15ClN4O. The second kappa shape index (κ2) is 5.77. The highest BCUT2D eigenvalue weighted by Crippen LogP contribution is 2.28. The van der Waals surface area contributed by atoms with Crippen molar-refractivity contribution in [2.24, 2.45) is 0 Å². The molecule has 0 bridgehead atoms. The molecule has 0 fully saturated rings. The zero-order chi connectivity index (χ0) is 15.7. The van der Waals surface area contributed by atoms with E-state index in [0.717, 1.165) is 11.1 Å². The van der Waals surface area contributed by atoms with Gasteiger partial charge in [-0.25, -0.2) is 9.97 Å². The van der Waals surface area contributed by atoms with Gasteiger partial charge in [0.2, 0.25) is 5.91 Å². The topological polar surface area (TPSA) is 59.8 Å². The average molecular weight is 315 g/mol. The molecule has 112 valence electrons. The smallest absolute Gasteiger partial charge is 0.242 e. The van der Waals surface area contributed by atoms with Crippen LogP contribution in [0.25, 0.3) is 22.6 Å². The fraction of sp³-hybridized carbons (Fsp3) is 0.188. The maximum Gasteiger partial charge on any atom is 0.242 e. The van der Waals surface area contributed by atoms with Crippen LogP contribution in [0.3, 0.4) is 0 Å². The lowest BCUT2D eigenvalue weighted by atomic mass is 10.2. The maximum absolute atomic E-state index is 12.1. The van der Waals surface area contributed by atoms with E-state index >= 15 is 0 Å². The number of halogens is 1. The third kappa shape index (κ3) is 2.44. The number of rotatable bonds is 3. The number of fused-ring (bicyclic) bond motifs is 1. The first-order valence-corrected chi connectivity index (χ1v) is 7.30. The number of pyridine rings is 1. The average Bonchev–Trinajstić information content (AvgIpc) is 2.93. The molecule has 3 aromatic rings. The molecule has 0 radical (unpaired) electrons. The standard InChI is InChI=1S/C16H15ClN4O/c1-10(16(22)18-2)21-14(11-5-7-12(17)8-6-11)20-13-4-3-9-19-15(13)21/h3-10H,1-2H3,(H,18,22)/t10-/m1/s1. The maximum atomic E-state index is 12.1. The summed E-state index contributed by atoms with van der Waals surface area (Å²) in [5.41, 5.74) is 2.32. The lowest BCUT2D eigenvalue weighted by molar-refractivity contribution is -0.123. The number of imidazole rings is 1. The third-order valence-electron chi connectivity index (χ3n) is 3.56. The van der Waals surface area contributed by atoms with Crippen molar-refractivity contribution < 1.29 is 4.79 Å². The van der Waals surface area contributed by atoms with Crippen molar-refractivity contribution in [1.82, 2.24) is 19.9 Å². The number of nitrogens with one attached hydrogen (secondary N) is 1. The molecule has 0 aliphatic rings. The lowest BCUT2D eigenvalue weighted by Gasteiger charge is -2.15. The Morgan fingerprint density at radius 2 is 2.00 bits per heavy atom. The second-order valence-corrected chi connectivity index (χ2v) is 5.39. The van der Waals surface area contributed by atoms with Gasteiger partial charge in [-0.15, -0.1) is 0 Å². The fourth-order valence-corrected chi connectivity index (χ4v) is 2.55. The molecule has 0 aliphatic carbocycles. The summed E-state index contributed by atoms with van der Waals surface area (Å²) in [6, 6.07) is 10.7. The van der Waals surface area contributed by atoms with Gasteiger partial charge in [-0.05, 0) is 43.3 Å². The van der Waals surface area contributed by atoms with E-state index in [1.807, 2.05) is 35.8 Å². The van der Waals surface area contributed by atoms with Crippen molar-refractivity contribution in [2.75, 3.05) is 7.05 Å². The van der Waals surface area contributed by atoms with Crippen LogP contribution < -0.4 is 5.32 Å². The molecule has 1 amide bonds. The molecule has 5 nitrogen and oxygen atoms in total. The van der Waals surface area contributed by atoms with E-state index in [4.69, 9.17) is 11.6 Å². The number of hydrogen-bond acceptors (Lipinski definition) is 3. The van der Waals surface area contributed by atoms with Crippen LogP contribution in [0.2, 0.25) is 5.02 Å². The fourth-order valence-electron chi connectivity index (χ4n) is 2.43. The Labute approximate surface area is 133 Å². The molecule has 22 heavy (non-hydrogen) atoms. The van der Waals surface area contributed by atoms with Crippen LogP contribution >= 0.6 is 11.6 Å². The van der Waals surface area contributed by atoms with Crippen LogP contribution in [0.4, 0.5) is 0 Å². The first-order valence-electron chi connectivity index (χ1n) is 6.92. The summed E-state index contributed by atoms with van der Waals surface area (Å²) in [6.45, 7) is 1.83. The Balaban J connectivity index is 2.24. The van der Waals surface area contributed by atoms with Crippen molar-refractivity contribution >= 4 is 28.7 Å². The van der Waals surface area contributed by atoms with E-state index in [0.29, 0.717) is 16.5 Å². The van der Waals surface area contributed by atoms with E-state index in [2.05, 4.69) is 15.3 Å². The molecule has 0 aliphatic heterocycles. The molecule has 0 saturated carbocycles. The number of amides is 1. The largest absolute Gasteiger partial charge is 0.357 e. The molecular weight excluding hydrogens is 300 g/mol. The summed E-state index contributed by atoms with van der Waals surface area (Å²) in [5.74, 6) is 0.599. The Morgan fingerprint density at radius 3 is 2.68 bits per heavy atom. The van der Waals surface area contributed by atoms with Gasteiger partial charge in [0.05, 0.1) is 0 Å². The Hall–Kier alpha value is -2.40. The first-order chi connectivity index (χ1) is 10.6. The van der Waals surface area contributed by atoms with Crippen LogP contribution in [-0.4, -0.2) is 27.5 Å². The van der Waals surface area contributed by atoms with Crippen molar-refractivity contribution in [2.45, 2.75) is 13.0 Å². The van der Waals surface area contributed by atoms with Gasteiger partial charge in [-0.1, -0.05) is 11.6 Å². The molecule has 2 aromatic heterocycles. The second-order valence-electron chi connectivity index (χ2n) is 4.95. The van der Waals surface area contributed by atoms with E-state index in [1.54, 1.807) is 25.4 Å². The summed E-state index contributed by atoms with van der Waals surface area (Å²) < 4.78 is 1.84. The molecule has 0 spiro atoms. The number of carbonyl (C=O) groups excluding carboxylic acids is 1. The molecule has 6 heteroatoms. The molecule has 1 atom stereocenters. The predicted molar refractivity (Wildman–Crippen MR) is 86.8 cm³/mol. The summed E-state index contributed by atoms with van der Waals surface area (Å²) in [6.07, 6.45) is 1.70. The highest BCUT2D eigenvalue weighted by Gasteiger charge is 2.22. The zero-order valence-corrected chi connectivity index (χ0v) is 13.0. The number of nitrogens with zero attached hydrogens (tertiary/aromatic N) is 3. The highest BCUT2D eigenvalue weighted by molar-refractivity contribution is 6.30. The normalized spacial score (nSPS) is 12.3. The molecule has 1 aromatic carbocycles. The van der Waals surface area contributed by atoms with Crippen LogP contribution in [0.15, 0.2) is 42.6 Å². The zero-order valence-electron chi connectivity index (χ0n) is 12.2. The van der Waals surface area contributed by atoms with Gasteiger partial charge in [0.25, 0.3) is 0 Å².